The van der Waals surface area contributed by atoms with E-state index in [1.54, 1.807) is 22.8 Å². The number of fused-ring (bicyclic) bond motifs is 1. The van der Waals surface area contributed by atoms with E-state index in [0.29, 0.717) is 22.4 Å². The van der Waals surface area contributed by atoms with Gasteiger partial charge < -0.3 is 15.0 Å². The van der Waals surface area contributed by atoms with Crippen molar-refractivity contribution in [1.82, 2.24) is 14.9 Å². The van der Waals surface area contributed by atoms with E-state index in [2.05, 4.69) is 10.3 Å². The average Bonchev–Trinajstić information content (AvgIpc) is 2.81. The van der Waals surface area contributed by atoms with Crippen molar-refractivity contribution in [2.45, 2.75) is 38.0 Å². The lowest BCUT2D eigenvalue weighted by atomic mass is 10.2. The van der Waals surface area contributed by atoms with Crippen LogP contribution in [-0.2, 0) is 19.0 Å². The molecule has 23 heavy (non-hydrogen) atoms. The normalized spacial score (nSPS) is 11.8. The molecule has 0 aliphatic heterocycles. The van der Waals surface area contributed by atoms with Gasteiger partial charge in [0.15, 0.2) is 0 Å². The van der Waals surface area contributed by atoms with Crippen molar-refractivity contribution in [3.8, 4) is 0 Å². The molecule has 1 aromatic heterocycles. The van der Waals surface area contributed by atoms with Gasteiger partial charge in [-0.25, -0.2) is 9.78 Å². The van der Waals surface area contributed by atoms with E-state index in [0.717, 1.165) is 0 Å². The van der Waals surface area contributed by atoms with Gasteiger partial charge in [0, 0.05) is 19.5 Å². The first-order chi connectivity index (χ1) is 10.8. The Balaban J connectivity index is 2.20. The molecule has 5 nitrogen and oxygen atoms in total. The lowest BCUT2D eigenvalue weighted by Crippen LogP contribution is -2.19. The van der Waals surface area contributed by atoms with E-state index in [1.165, 1.54) is 0 Å². The zero-order valence-corrected chi connectivity index (χ0v) is 12.8. The fraction of sp³-hybridized carbons (Fsp3) is 0.429. The maximum Gasteiger partial charge on any atom is 0.404 e. The van der Waals surface area contributed by atoms with Crippen LogP contribution in [0.3, 0.4) is 0 Å². The molecule has 0 saturated heterocycles. The summed E-state index contributed by atoms with van der Waals surface area (Å²) in [6.45, 7) is 0.299. The number of nitrogens with zero attached hydrogens (tertiary/aromatic N) is 2. The van der Waals surface area contributed by atoms with Crippen LogP contribution in [0, 0.1) is 0 Å². The average molecular weight is 350 g/mol. The third-order valence-corrected chi connectivity index (χ3v) is 3.54. The molecule has 1 heterocycles. The topological polar surface area (TPSA) is 67.2 Å². The molecule has 0 fully saturated rings. The number of alkyl halides is 4. The van der Waals surface area contributed by atoms with Crippen LogP contribution in [0.1, 0.15) is 24.2 Å². The number of hydrogen-bond donors (Lipinski definition) is 2. The molecule has 2 aromatic rings. The lowest BCUT2D eigenvalue weighted by Gasteiger charge is -2.10. The quantitative estimate of drug-likeness (QED) is 0.778. The summed E-state index contributed by atoms with van der Waals surface area (Å²) >= 11 is 5.82. The summed E-state index contributed by atoms with van der Waals surface area (Å²) in [5.74, 6) is 0.579. The van der Waals surface area contributed by atoms with Crippen molar-refractivity contribution >= 4 is 28.7 Å². The van der Waals surface area contributed by atoms with Gasteiger partial charge in [-0.15, -0.1) is 11.6 Å². The highest BCUT2D eigenvalue weighted by Crippen LogP contribution is 2.24. The predicted molar refractivity (Wildman–Crippen MR) is 79.4 cm³/mol. The third kappa shape index (κ3) is 4.75. The van der Waals surface area contributed by atoms with Crippen molar-refractivity contribution in [3.63, 3.8) is 0 Å². The molecule has 0 atom stereocenters. The number of carboxylic acid groups (broad SMARTS) is 1. The Kier molecular flexibility index (Phi) is 5.35. The molecule has 2 rings (SSSR count). The number of imidazole rings is 1. The van der Waals surface area contributed by atoms with Gasteiger partial charge in [-0.05, 0) is 24.1 Å². The monoisotopic (exact) mass is 349 g/mol. The molecule has 9 heteroatoms. The predicted octanol–water partition coefficient (Wildman–Crippen LogP) is 3.89. The molecule has 0 unspecified atom stereocenters. The van der Waals surface area contributed by atoms with Crippen LogP contribution < -0.4 is 5.32 Å². The fourth-order valence-electron chi connectivity index (χ4n) is 2.30. The highest BCUT2D eigenvalue weighted by atomic mass is 35.5. The number of nitrogens with one attached hydrogen (secondary N) is 1. The van der Waals surface area contributed by atoms with Crippen LogP contribution in [0.15, 0.2) is 18.2 Å². The maximum absolute atomic E-state index is 12.3. The van der Waals surface area contributed by atoms with Gasteiger partial charge in [0.25, 0.3) is 0 Å². The van der Waals surface area contributed by atoms with Crippen molar-refractivity contribution in [1.29, 1.82) is 0 Å². The van der Waals surface area contributed by atoms with Crippen LogP contribution in [0.4, 0.5) is 18.0 Å². The maximum atomic E-state index is 12.3. The Morgan fingerprint density at radius 1 is 1.39 bits per heavy atom. The Morgan fingerprint density at radius 3 is 2.74 bits per heavy atom. The molecule has 0 bridgehead atoms. The van der Waals surface area contributed by atoms with E-state index in [1.807, 2.05) is 0 Å². The number of hydrogen-bond acceptors (Lipinski definition) is 2. The summed E-state index contributed by atoms with van der Waals surface area (Å²) in [4.78, 5) is 14.8. The number of amides is 1. The third-order valence-electron chi connectivity index (χ3n) is 3.30. The molecule has 1 aromatic carbocycles. The smallest absolute Gasteiger partial charge is 0.404 e. The molecule has 2 N–H and O–H groups in total. The Morgan fingerprint density at radius 2 is 2.13 bits per heavy atom. The molecule has 1 amide bonds. The first-order valence-electron chi connectivity index (χ1n) is 6.87. The van der Waals surface area contributed by atoms with Crippen LogP contribution in [0.5, 0.6) is 0 Å². The summed E-state index contributed by atoms with van der Waals surface area (Å²) in [5.41, 5.74) is 1.97. The van der Waals surface area contributed by atoms with Crippen LogP contribution in [0.2, 0.25) is 0 Å². The number of rotatable bonds is 6. The SMILES string of the molecule is O=C(O)NCc1ccc2c(c1)nc(CCl)n2CCCC(F)(F)F. The van der Waals surface area contributed by atoms with Gasteiger partial charge in [0.05, 0.1) is 16.9 Å². The molecule has 0 aliphatic carbocycles. The largest absolute Gasteiger partial charge is 0.465 e. The Bertz CT molecular complexity index is 700. The first-order valence-corrected chi connectivity index (χ1v) is 7.41. The number of carbonyl (C=O) groups is 1. The molecule has 0 radical (unpaired) electrons. The van der Waals surface area contributed by atoms with E-state index < -0.39 is 18.7 Å². The number of aromatic nitrogens is 2. The first kappa shape index (κ1) is 17.4. The van der Waals surface area contributed by atoms with Crippen molar-refractivity contribution in [2.24, 2.45) is 0 Å². The van der Waals surface area contributed by atoms with Gasteiger partial charge in [-0.3, -0.25) is 0 Å². The second-order valence-corrected chi connectivity index (χ2v) is 5.28. The Hall–Kier alpha value is -1.96. The zero-order valence-electron chi connectivity index (χ0n) is 12.0. The minimum atomic E-state index is -4.19. The lowest BCUT2D eigenvalue weighted by molar-refractivity contribution is -0.135. The van der Waals surface area contributed by atoms with Crippen LogP contribution in [-0.4, -0.2) is 26.9 Å². The van der Waals surface area contributed by atoms with E-state index >= 15 is 0 Å². The summed E-state index contributed by atoms with van der Waals surface area (Å²) in [5, 5.41) is 10.8. The summed E-state index contributed by atoms with van der Waals surface area (Å²) in [7, 11) is 0. The second kappa shape index (κ2) is 7.08. The van der Waals surface area contributed by atoms with E-state index in [9.17, 15) is 18.0 Å². The molecular weight excluding hydrogens is 335 g/mol. The van der Waals surface area contributed by atoms with Gasteiger partial charge in [0.2, 0.25) is 0 Å². The minimum Gasteiger partial charge on any atom is -0.465 e. The molecule has 0 aliphatic rings. The fourth-order valence-corrected chi connectivity index (χ4v) is 2.51. The number of halogens is 4. The van der Waals surface area contributed by atoms with Gasteiger partial charge in [-0.1, -0.05) is 6.07 Å². The molecule has 0 saturated carbocycles. The van der Waals surface area contributed by atoms with Crippen molar-refractivity contribution in [3.05, 3.63) is 29.6 Å². The highest BCUT2D eigenvalue weighted by molar-refractivity contribution is 6.16. The summed E-state index contributed by atoms with van der Waals surface area (Å²) < 4.78 is 38.5. The number of aryl methyl sites for hydroxylation is 1. The standard InChI is InChI=1S/C14H15ClF3N3O2/c15-7-12-20-10-6-9(8-19-13(22)23)2-3-11(10)21(12)5-1-4-14(16,17)18/h2-3,6,19H,1,4-5,7-8H2,(H,22,23). The van der Waals surface area contributed by atoms with Gasteiger partial charge in [0.1, 0.15) is 5.82 Å². The second-order valence-electron chi connectivity index (χ2n) is 5.01. The van der Waals surface area contributed by atoms with Crippen molar-refractivity contribution in [2.75, 3.05) is 0 Å². The number of benzene rings is 1. The van der Waals surface area contributed by atoms with Crippen LogP contribution >= 0.6 is 11.6 Å². The van der Waals surface area contributed by atoms with Gasteiger partial charge in [-0.2, -0.15) is 13.2 Å². The molecule has 126 valence electrons. The Labute approximate surface area is 135 Å². The zero-order chi connectivity index (χ0) is 17.0. The highest BCUT2D eigenvalue weighted by Gasteiger charge is 2.26. The van der Waals surface area contributed by atoms with Gasteiger partial charge >= 0.3 is 12.3 Å². The summed E-state index contributed by atoms with van der Waals surface area (Å²) in [6, 6.07) is 5.12. The molecule has 0 spiro atoms. The van der Waals surface area contributed by atoms with Crippen LogP contribution in [0.25, 0.3) is 11.0 Å². The minimum absolute atomic E-state index is 0.0544. The molecular formula is C14H15ClF3N3O2. The van der Waals surface area contributed by atoms with E-state index in [4.69, 9.17) is 16.7 Å². The van der Waals surface area contributed by atoms with E-state index in [-0.39, 0.29) is 25.4 Å². The summed E-state index contributed by atoms with van der Waals surface area (Å²) in [6.07, 6.45) is -6.24. The van der Waals surface area contributed by atoms with Crippen molar-refractivity contribution < 1.29 is 23.1 Å².